The Morgan fingerprint density at radius 3 is 2.32 bits per heavy atom. The van der Waals surface area contributed by atoms with Gasteiger partial charge in [0.1, 0.15) is 11.3 Å². The van der Waals surface area contributed by atoms with E-state index in [1.54, 1.807) is 6.20 Å². The van der Waals surface area contributed by atoms with E-state index < -0.39 is 0 Å². The molecule has 2 aromatic heterocycles. The Morgan fingerprint density at radius 1 is 0.871 bits per heavy atom. The van der Waals surface area contributed by atoms with E-state index in [0.717, 1.165) is 55.3 Å². The van der Waals surface area contributed by atoms with Crippen LogP contribution in [-0.2, 0) is 6.42 Å². The first-order chi connectivity index (χ1) is 15.2. The monoisotopic (exact) mass is 411 g/mol. The lowest BCUT2D eigenvalue weighted by Crippen LogP contribution is -2.48. The summed E-state index contributed by atoms with van der Waals surface area (Å²) in [7, 11) is 0. The number of rotatable bonds is 4. The number of amides is 1. The van der Waals surface area contributed by atoms with E-state index in [2.05, 4.69) is 45.6 Å². The highest BCUT2D eigenvalue weighted by molar-refractivity contribution is 5.94. The number of piperazine rings is 1. The number of hydrogen-bond acceptors (Lipinski definition) is 4. The maximum atomic E-state index is 13.1. The number of carbonyl (C=O) groups excluding carboxylic acids is 1. The SMILES string of the molecule is CCc1nc2cccnc2n1-c1ccc(C(=O)N2CCN(c3ccccc3)CC2)cc1. The molecule has 1 aliphatic heterocycles. The lowest BCUT2D eigenvalue weighted by atomic mass is 10.1. The maximum absolute atomic E-state index is 13.1. The van der Waals surface area contributed by atoms with Crippen molar-refractivity contribution < 1.29 is 4.79 Å². The molecule has 3 heterocycles. The van der Waals surface area contributed by atoms with Gasteiger partial charge in [0.2, 0.25) is 0 Å². The third-order valence-corrected chi connectivity index (χ3v) is 5.86. The van der Waals surface area contributed by atoms with Crippen molar-refractivity contribution in [1.29, 1.82) is 0 Å². The van der Waals surface area contributed by atoms with Crippen LogP contribution in [0.25, 0.3) is 16.9 Å². The standard InChI is InChI=1S/C25H25N5O/c1-2-23-27-22-9-6-14-26-24(22)30(23)21-12-10-19(11-13-21)25(31)29-17-15-28(16-18-29)20-7-4-3-5-8-20/h3-14H,2,15-18H2,1H3. The molecule has 31 heavy (non-hydrogen) atoms. The van der Waals surface area contributed by atoms with Crippen molar-refractivity contribution in [3.63, 3.8) is 0 Å². The van der Waals surface area contributed by atoms with Crippen molar-refractivity contribution in [2.24, 2.45) is 0 Å². The molecule has 1 aliphatic rings. The van der Waals surface area contributed by atoms with Crippen LogP contribution >= 0.6 is 0 Å². The molecule has 1 amide bonds. The molecule has 0 bridgehead atoms. The van der Waals surface area contributed by atoms with Crippen molar-refractivity contribution in [2.45, 2.75) is 13.3 Å². The number of benzene rings is 2. The number of para-hydroxylation sites is 1. The summed E-state index contributed by atoms with van der Waals surface area (Å²) in [5.41, 5.74) is 4.63. The first-order valence-corrected chi connectivity index (χ1v) is 10.8. The molecule has 0 unspecified atom stereocenters. The van der Waals surface area contributed by atoms with E-state index in [1.807, 2.05) is 47.4 Å². The second-order valence-corrected chi connectivity index (χ2v) is 7.72. The Labute approximate surface area is 181 Å². The Bertz CT molecular complexity index is 1190. The van der Waals surface area contributed by atoms with Gasteiger partial charge in [0, 0.05) is 55.7 Å². The van der Waals surface area contributed by atoms with Crippen LogP contribution in [0.4, 0.5) is 5.69 Å². The number of anilines is 1. The second kappa shape index (κ2) is 8.22. The summed E-state index contributed by atoms with van der Waals surface area (Å²) < 4.78 is 2.07. The number of nitrogens with zero attached hydrogens (tertiary/aromatic N) is 5. The zero-order valence-corrected chi connectivity index (χ0v) is 17.6. The van der Waals surface area contributed by atoms with Gasteiger partial charge in [0.05, 0.1) is 0 Å². The van der Waals surface area contributed by atoms with Gasteiger partial charge in [-0.3, -0.25) is 9.36 Å². The summed E-state index contributed by atoms with van der Waals surface area (Å²) >= 11 is 0. The van der Waals surface area contributed by atoms with Gasteiger partial charge in [-0.25, -0.2) is 9.97 Å². The van der Waals surface area contributed by atoms with E-state index in [4.69, 9.17) is 4.98 Å². The molecule has 0 N–H and O–H groups in total. The largest absolute Gasteiger partial charge is 0.368 e. The molecule has 0 spiro atoms. The highest BCUT2D eigenvalue weighted by Crippen LogP contribution is 2.22. The van der Waals surface area contributed by atoms with Crippen molar-refractivity contribution in [3.8, 4) is 5.69 Å². The van der Waals surface area contributed by atoms with Crippen LogP contribution in [0.1, 0.15) is 23.1 Å². The smallest absolute Gasteiger partial charge is 0.253 e. The molecule has 1 fully saturated rings. The Hall–Kier alpha value is -3.67. The first kappa shape index (κ1) is 19.3. The molecule has 6 heteroatoms. The van der Waals surface area contributed by atoms with Gasteiger partial charge in [-0.1, -0.05) is 25.1 Å². The lowest BCUT2D eigenvalue weighted by molar-refractivity contribution is 0.0747. The predicted octanol–water partition coefficient (Wildman–Crippen LogP) is 3.95. The number of aryl methyl sites for hydroxylation is 1. The van der Waals surface area contributed by atoms with Gasteiger partial charge in [-0.05, 0) is 48.5 Å². The topological polar surface area (TPSA) is 54.3 Å². The molecular weight excluding hydrogens is 386 g/mol. The quantitative estimate of drug-likeness (QED) is 0.510. The van der Waals surface area contributed by atoms with E-state index >= 15 is 0 Å². The van der Waals surface area contributed by atoms with Crippen LogP contribution in [0.5, 0.6) is 0 Å². The average Bonchev–Trinajstić information content (AvgIpc) is 3.23. The fourth-order valence-electron chi connectivity index (χ4n) is 4.21. The van der Waals surface area contributed by atoms with Crippen molar-refractivity contribution in [3.05, 3.63) is 84.3 Å². The number of hydrogen-bond donors (Lipinski definition) is 0. The fraction of sp³-hybridized carbons (Fsp3) is 0.240. The molecule has 0 aliphatic carbocycles. The van der Waals surface area contributed by atoms with Crippen molar-refractivity contribution in [2.75, 3.05) is 31.1 Å². The molecule has 4 aromatic rings. The molecule has 5 rings (SSSR count). The summed E-state index contributed by atoms with van der Waals surface area (Å²) in [6.07, 6.45) is 2.59. The molecule has 156 valence electrons. The maximum Gasteiger partial charge on any atom is 0.253 e. The minimum atomic E-state index is 0.0867. The normalized spacial score (nSPS) is 14.2. The number of carbonyl (C=O) groups is 1. The van der Waals surface area contributed by atoms with Crippen LogP contribution in [0.15, 0.2) is 72.9 Å². The molecule has 2 aromatic carbocycles. The molecule has 0 radical (unpaired) electrons. The second-order valence-electron chi connectivity index (χ2n) is 7.72. The minimum Gasteiger partial charge on any atom is -0.368 e. The first-order valence-electron chi connectivity index (χ1n) is 10.8. The number of aromatic nitrogens is 3. The molecule has 0 atom stereocenters. The van der Waals surface area contributed by atoms with Crippen molar-refractivity contribution in [1.82, 2.24) is 19.4 Å². The molecule has 1 saturated heterocycles. The van der Waals surface area contributed by atoms with Crippen LogP contribution in [-0.4, -0.2) is 51.5 Å². The molecule has 6 nitrogen and oxygen atoms in total. The van der Waals surface area contributed by atoms with Gasteiger partial charge in [-0.15, -0.1) is 0 Å². The summed E-state index contributed by atoms with van der Waals surface area (Å²) in [5, 5.41) is 0. The summed E-state index contributed by atoms with van der Waals surface area (Å²) in [4.78, 5) is 26.5. The number of fused-ring (bicyclic) bond motifs is 1. The Morgan fingerprint density at radius 2 is 1.61 bits per heavy atom. The van der Waals surface area contributed by atoms with E-state index in [0.29, 0.717) is 5.56 Å². The Balaban J connectivity index is 1.32. The highest BCUT2D eigenvalue weighted by atomic mass is 16.2. The van der Waals surface area contributed by atoms with Crippen LogP contribution in [0.2, 0.25) is 0 Å². The van der Waals surface area contributed by atoms with Crippen molar-refractivity contribution >= 4 is 22.8 Å². The minimum absolute atomic E-state index is 0.0867. The van der Waals surface area contributed by atoms with Gasteiger partial charge < -0.3 is 9.80 Å². The zero-order valence-electron chi connectivity index (χ0n) is 17.6. The van der Waals surface area contributed by atoms with Gasteiger partial charge in [0.25, 0.3) is 5.91 Å². The molecule has 0 saturated carbocycles. The Kier molecular flexibility index (Phi) is 5.12. The van der Waals surface area contributed by atoms with Crippen LogP contribution in [0, 0.1) is 0 Å². The predicted molar refractivity (Wildman–Crippen MR) is 123 cm³/mol. The van der Waals surface area contributed by atoms with Gasteiger partial charge in [-0.2, -0.15) is 0 Å². The van der Waals surface area contributed by atoms with E-state index in [1.165, 1.54) is 5.69 Å². The number of pyridine rings is 1. The van der Waals surface area contributed by atoms with E-state index in [-0.39, 0.29) is 5.91 Å². The highest BCUT2D eigenvalue weighted by Gasteiger charge is 2.22. The van der Waals surface area contributed by atoms with Crippen LogP contribution in [0.3, 0.4) is 0 Å². The third kappa shape index (κ3) is 3.65. The summed E-state index contributed by atoms with van der Waals surface area (Å²) in [6, 6.07) is 22.1. The summed E-state index contributed by atoms with van der Waals surface area (Å²) in [5.74, 6) is 1.05. The fourth-order valence-corrected chi connectivity index (χ4v) is 4.21. The molecular formula is C25H25N5O. The van der Waals surface area contributed by atoms with Crippen LogP contribution < -0.4 is 4.90 Å². The zero-order chi connectivity index (χ0) is 21.2. The lowest BCUT2D eigenvalue weighted by Gasteiger charge is -2.36. The summed E-state index contributed by atoms with van der Waals surface area (Å²) in [6.45, 7) is 5.24. The van der Waals surface area contributed by atoms with Gasteiger partial charge in [0.15, 0.2) is 5.65 Å². The van der Waals surface area contributed by atoms with E-state index in [9.17, 15) is 4.79 Å². The average molecular weight is 412 g/mol. The van der Waals surface area contributed by atoms with Gasteiger partial charge >= 0.3 is 0 Å². The third-order valence-electron chi connectivity index (χ3n) is 5.86. The number of imidazole rings is 1.